The van der Waals surface area contributed by atoms with Crippen molar-refractivity contribution in [3.63, 3.8) is 0 Å². The summed E-state index contributed by atoms with van der Waals surface area (Å²) in [6, 6.07) is 3.82. The SMILES string of the molecule is CCC(c1cccs1)N(C)C(C)C(=O)O. The van der Waals surface area contributed by atoms with Crippen LogP contribution in [-0.4, -0.2) is 29.1 Å². The van der Waals surface area contributed by atoms with Gasteiger partial charge in [0.05, 0.1) is 0 Å². The maximum Gasteiger partial charge on any atom is 0.320 e. The van der Waals surface area contributed by atoms with E-state index in [2.05, 4.69) is 13.0 Å². The maximum atomic E-state index is 10.9. The predicted molar refractivity (Wildman–Crippen MR) is 62.2 cm³/mol. The third kappa shape index (κ3) is 2.79. The molecule has 1 heterocycles. The van der Waals surface area contributed by atoms with Crippen molar-refractivity contribution in [2.24, 2.45) is 0 Å². The van der Waals surface area contributed by atoms with Gasteiger partial charge in [-0.3, -0.25) is 9.69 Å². The minimum atomic E-state index is -0.771. The largest absolute Gasteiger partial charge is 0.480 e. The highest BCUT2D eigenvalue weighted by atomic mass is 32.1. The smallest absolute Gasteiger partial charge is 0.320 e. The van der Waals surface area contributed by atoms with Crippen molar-refractivity contribution in [3.8, 4) is 0 Å². The Bertz CT molecular complexity index is 310. The summed E-state index contributed by atoms with van der Waals surface area (Å²) in [5.74, 6) is -0.771. The minimum absolute atomic E-state index is 0.205. The molecule has 0 aromatic carbocycles. The first kappa shape index (κ1) is 12.2. The fourth-order valence-corrected chi connectivity index (χ4v) is 2.58. The summed E-state index contributed by atoms with van der Waals surface area (Å²) in [5.41, 5.74) is 0. The van der Waals surface area contributed by atoms with Crippen LogP contribution in [0.5, 0.6) is 0 Å². The van der Waals surface area contributed by atoms with E-state index < -0.39 is 12.0 Å². The van der Waals surface area contributed by atoms with Crippen molar-refractivity contribution in [3.05, 3.63) is 22.4 Å². The second-order valence-corrected chi connectivity index (χ2v) is 4.60. The molecule has 0 amide bonds. The zero-order valence-electron chi connectivity index (χ0n) is 9.30. The molecule has 1 N–H and O–H groups in total. The molecule has 3 nitrogen and oxygen atoms in total. The summed E-state index contributed by atoms with van der Waals surface area (Å²) in [4.78, 5) is 14.0. The Balaban J connectivity index is 2.79. The first-order valence-corrected chi connectivity index (χ1v) is 5.94. The number of nitrogens with zero attached hydrogens (tertiary/aromatic N) is 1. The Morgan fingerprint density at radius 2 is 2.33 bits per heavy atom. The molecule has 0 aliphatic heterocycles. The van der Waals surface area contributed by atoms with E-state index in [0.717, 1.165) is 6.42 Å². The molecule has 0 bridgehead atoms. The average molecular weight is 227 g/mol. The number of thiophene rings is 1. The van der Waals surface area contributed by atoms with E-state index in [9.17, 15) is 4.79 Å². The Morgan fingerprint density at radius 3 is 2.73 bits per heavy atom. The zero-order valence-corrected chi connectivity index (χ0v) is 10.1. The average Bonchev–Trinajstić information content (AvgIpc) is 2.70. The van der Waals surface area contributed by atoms with Gasteiger partial charge in [-0.1, -0.05) is 13.0 Å². The molecule has 0 saturated carbocycles. The molecule has 4 heteroatoms. The lowest BCUT2D eigenvalue weighted by atomic mass is 10.1. The van der Waals surface area contributed by atoms with Gasteiger partial charge >= 0.3 is 5.97 Å². The van der Waals surface area contributed by atoms with Crippen LogP contribution < -0.4 is 0 Å². The highest BCUT2D eigenvalue weighted by Gasteiger charge is 2.24. The Kier molecular flexibility index (Phi) is 4.29. The van der Waals surface area contributed by atoms with Gasteiger partial charge in [0, 0.05) is 10.9 Å². The maximum absolute atomic E-state index is 10.9. The molecule has 0 aliphatic carbocycles. The van der Waals surface area contributed by atoms with Crippen molar-refractivity contribution in [1.82, 2.24) is 4.90 Å². The number of carbonyl (C=O) groups is 1. The highest BCUT2D eigenvalue weighted by Crippen LogP contribution is 2.28. The molecule has 0 spiro atoms. The molecule has 1 aromatic heterocycles. The van der Waals surface area contributed by atoms with E-state index in [1.165, 1.54) is 4.88 Å². The van der Waals surface area contributed by atoms with E-state index in [1.807, 2.05) is 23.4 Å². The van der Waals surface area contributed by atoms with Gasteiger partial charge in [0.25, 0.3) is 0 Å². The number of hydrogen-bond acceptors (Lipinski definition) is 3. The molecule has 84 valence electrons. The van der Waals surface area contributed by atoms with Gasteiger partial charge in [-0.25, -0.2) is 0 Å². The molecule has 1 rings (SSSR count). The Labute approximate surface area is 94.3 Å². The van der Waals surface area contributed by atoms with Gasteiger partial charge in [0.15, 0.2) is 0 Å². The van der Waals surface area contributed by atoms with Gasteiger partial charge in [-0.15, -0.1) is 11.3 Å². The second-order valence-electron chi connectivity index (χ2n) is 3.62. The van der Waals surface area contributed by atoms with Crippen LogP contribution in [0.2, 0.25) is 0 Å². The molecule has 0 aliphatic rings. The molecule has 15 heavy (non-hydrogen) atoms. The van der Waals surface area contributed by atoms with Crippen LogP contribution >= 0.6 is 11.3 Å². The molecule has 0 saturated heterocycles. The van der Waals surface area contributed by atoms with E-state index in [1.54, 1.807) is 18.3 Å². The zero-order chi connectivity index (χ0) is 11.4. The Morgan fingerprint density at radius 1 is 1.67 bits per heavy atom. The third-order valence-corrected chi connectivity index (χ3v) is 3.69. The number of aliphatic carboxylic acids is 1. The standard InChI is InChI=1S/C11H17NO2S/c1-4-9(10-6-5-7-15-10)12(3)8(2)11(13)14/h5-9H,4H2,1-3H3,(H,13,14). The summed E-state index contributed by atoms with van der Waals surface area (Å²) in [6.07, 6.45) is 0.925. The lowest BCUT2D eigenvalue weighted by Gasteiger charge is -2.29. The van der Waals surface area contributed by atoms with Crippen LogP contribution in [-0.2, 0) is 4.79 Å². The van der Waals surface area contributed by atoms with Crippen LogP contribution in [0.25, 0.3) is 0 Å². The number of rotatable bonds is 5. The second kappa shape index (κ2) is 5.28. The summed E-state index contributed by atoms with van der Waals surface area (Å²) in [7, 11) is 1.87. The van der Waals surface area contributed by atoms with E-state index in [4.69, 9.17) is 5.11 Å². The van der Waals surface area contributed by atoms with Gasteiger partial charge in [0.1, 0.15) is 6.04 Å². The molecule has 1 aromatic rings. The summed E-state index contributed by atoms with van der Waals surface area (Å²) < 4.78 is 0. The molecule has 0 radical (unpaired) electrons. The third-order valence-electron chi connectivity index (χ3n) is 2.72. The quantitative estimate of drug-likeness (QED) is 0.840. The summed E-state index contributed by atoms with van der Waals surface area (Å²) in [5, 5.41) is 11.0. The van der Waals surface area contributed by atoms with E-state index in [0.29, 0.717) is 0 Å². The number of carboxylic acids is 1. The molecule has 0 fully saturated rings. The topological polar surface area (TPSA) is 40.5 Å². The van der Waals surface area contributed by atoms with Crippen LogP contribution in [0.15, 0.2) is 17.5 Å². The van der Waals surface area contributed by atoms with Crippen LogP contribution in [0.3, 0.4) is 0 Å². The van der Waals surface area contributed by atoms with Gasteiger partial charge in [0.2, 0.25) is 0 Å². The lowest BCUT2D eigenvalue weighted by Crippen LogP contribution is -2.38. The van der Waals surface area contributed by atoms with E-state index >= 15 is 0 Å². The van der Waals surface area contributed by atoms with Crippen molar-refractivity contribution in [2.45, 2.75) is 32.4 Å². The van der Waals surface area contributed by atoms with Gasteiger partial charge < -0.3 is 5.11 Å². The van der Waals surface area contributed by atoms with E-state index in [-0.39, 0.29) is 6.04 Å². The number of hydrogen-bond donors (Lipinski definition) is 1. The van der Waals surface area contributed by atoms with Crippen LogP contribution in [0.4, 0.5) is 0 Å². The number of carboxylic acid groups (broad SMARTS) is 1. The fourth-order valence-electron chi connectivity index (χ4n) is 1.61. The van der Waals surface area contributed by atoms with Gasteiger partial charge in [-0.05, 0) is 31.8 Å². The number of likely N-dealkylation sites (N-methyl/N-ethyl adjacent to an activating group) is 1. The van der Waals surface area contributed by atoms with Crippen molar-refractivity contribution >= 4 is 17.3 Å². The van der Waals surface area contributed by atoms with Crippen molar-refractivity contribution in [2.75, 3.05) is 7.05 Å². The summed E-state index contributed by atoms with van der Waals surface area (Å²) >= 11 is 1.68. The normalized spacial score (nSPS) is 15.2. The minimum Gasteiger partial charge on any atom is -0.480 e. The lowest BCUT2D eigenvalue weighted by molar-refractivity contribution is -0.143. The van der Waals surface area contributed by atoms with Crippen molar-refractivity contribution < 1.29 is 9.90 Å². The molecular weight excluding hydrogens is 210 g/mol. The van der Waals surface area contributed by atoms with Gasteiger partial charge in [-0.2, -0.15) is 0 Å². The van der Waals surface area contributed by atoms with Crippen molar-refractivity contribution in [1.29, 1.82) is 0 Å². The van der Waals surface area contributed by atoms with Crippen LogP contribution in [0.1, 0.15) is 31.2 Å². The molecule has 2 unspecified atom stereocenters. The molecule has 2 atom stereocenters. The monoisotopic (exact) mass is 227 g/mol. The Hall–Kier alpha value is -0.870. The first-order valence-electron chi connectivity index (χ1n) is 5.06. The predicted octanol–water partition coefficient (Wildman–Crippen LogP) is 2.60. The molecular formula is C11H17NO2S. The fraction of sp³-hybridized carbons (Fsp3) is 0.545. The summed E-state index contributed by atoms with van der Waals surface area (Å²) in [6.45, 7) is 3.80. The first-order chi connectivity index (χ1) is 7.07. The highest BCUT2D eigenvalue weighted by molar-refractivity contribution is 7.10. The van der Waals surface area contributed by atoms with Crippen LogP contribution in [0, 0.1) is 0 Å².